The quantitative estimate of drug-likeness (QED) is 0.0863. The number of hydrogen-bond acceptors (Lipinski definition) is 12. The molecule has 4 rings (SSSR count). The molecule has 1 aliphatic heterocycles. The summed E-state index contributed by atoms with van der Waals surface area (Å²) in [5.41, 5.74) is -1.39. The Labute approximate surface area is 334 Å². The van der Waals surface area contributed by atoms with Gasteiger partial charge in [-0.2, -0.15) is 0 Å². The Morgan fingerprint density at radius 2 is 0.948 bits per heavy atom. The molecule has 18 nitrogen and oxygen atoms in total. The molecule has 0 bridgehead atoms. The summed E-state index contributed by atoms with van der Waals surface area (Å²) in [4.78, 5) is 66.1. The third-order valence-electron chi connectivity index (χ3n) is 9.03. The molecular weight excluding hydrogens is 764 g/mol. The Bertz CT molecular complexity index is 1690. The molecule has 0 radical (unpaired) electrons. The SMILES string of the molecule is COc1ccc(CN2CCN(CCC(c3ccccc3)c3ccccc3)CC2)cc1OC.O=C(O)CC(O)(CC(=O)O)C(=O)O.O=C(O)CC(O)(CC(=O)O)C(=O)O. The van der Waals surface area contributed by atoms with Crippen molar-refractivity contribution in [2.24, 2.45) is 0 Å². The van der Waals surface area contributed by atoms with Crippen molar-refractivity contribution in [3.63, 3.8) is 0 Å². The summed E-state index contributed by atoms with van der Waals surface area (Å²) in [6.07, 6.45) is -3.43. The van der Waals surface area contributed by atoms with Crippen molar-refractivity contribution in [2.45, 2.75) is 55.8 Å². The normalized spacial score (nSPS) is 13.2. The van der Waals surface area contributed by atoms with Gasteiger partial charge >= 0.3 is 35.8 Å². The van der Waals surface area contributed by atoms with Crippen LogP contribution in [0.4, 0.5) is 0 Å². The van der Waals surface area contributed by atoms with Crippen LogP contribution in [0.1, 0.15) is 54.7 Å². The van der Waals surface area contributed by atoms with Gasteiger partial charge < -0.3 is 55.2 Å². The Kier molecular flexibility index (Phi) is 19.2. The lowest BCUT2D eigenvalue weighted by molar-refractivity contribution is -0.170. The Hall–Kier alpha value is -6.08. The summed E-state index contributed by atoms with van der Waals surface area (Å²) in [7, 11) is 3.37. The molecule has 0 aromatic heterocycles. The standard InChI is InChI=1S/C28H34N2O2.2C6H8O7/c1-31-27-14-13-23(21-28(27)32-2)22-30-19-17-29(18-20-30)16-15-26(24-9-5-3-6-10-24)25-11-7-4-8-12-25;2*7-3(8)1-6(13,5(11)12)2-4(9)10/h3-14,21,26H,15-20,22H2,1-2H3;2*13H,1-2H2,(H,7,8)(H,9,10)(H,11,12). The van der Waals surface area contributed by atoms with Crippen LogP contribution in [0.15, 0.2) is 78.9 Å². The molecule has 0 amide bonds. The number of carboxylic acid groups (broad SMARTS) is 6. The van der Waals surface area contributed by atoms with Crippen molar-refractivity contribution in [2.75, 3.05) is 46.9 Å². The van der Waals surface area contributed by atoms with E-state index >= 15 is 0 Å². The number of rotatable bonds is 19. The van der Waals surface area contributed by atoms with Crippen molar-refractivity contribution in [1.82, 2.24) is 9.80 Å². The lowest BCUT2D eigenvalue weighted by atomic mass is 9.88. The molecule has 0 spiro atoms. The van der Waals surface area contributed by atoms with E-state index in [1.807, 2.05) is 6.07 Å². The van der Waals surface area contributed by atoms with Crippen molar-refractivity contribution in [3.8, 4) is 11.5 Å². The highest BCUT2D eigenvalue weighted by Gasteiger charge is 2.41. The van der Waals surface area contributed by atoms with Gasteiger partial charge in [-0.1, -0.05) is 66.7 Å². The van der Waals surface area contributed by atoms with Crippen molar-refractivity contribution in [3.05, 3.63) is 95.6 Å². The molecule has 1 heterocycles. The second kappa shape index (κ2) is 23.2. The zero-order chi connectivity index (χ0) is 43.5. The summed E-state index contributed by atoms with van der Waals surface area (Å²) in [5, 5.41) is 67.6. The van der Waals surface area contributed by atoms with E-state index in [2.05, 4.69) is 82.6 Å². The van der Waals surface area contributed by atoms with E-state index in [-0.39, 0.29) is 0 Å². The number of aliphatic hydroxyl groups is 2. The van der Waals surface area contributed by atoms with Crippen LogP contribution in [0.3, 0.4) is 0 Å². The molecule has 0 saturated carbocycles. The summed E-state index contributed by atoms with van der Waals surface area (Å²) < 4.78 is 10.8. The molecule has 1 saturated heterocycles. The zero-order valence-corrected chi connectivity index (χ0v) is 32.1. The Balaban J connectivity index is 0.000000370. The number of hydrogen-bond donors (Lipinski definition) is 8. The maximum atomic E-state index is 10.3. The highest BCUT2D eigenvalue weighted by molar-refractivity contribution is 5.88. The van der Waals surface area contributed by atoms with Gasteiger partial charge in [-0.25, -0.2) is 9.59 Å². The van der Waals surface area contributed by atoms with Gasteiger partial charge in [-0.15, -0.1) is 0 Å². The second-order valence-electron chi connectivity index (χ2n) is 13.4. The average Bonchev–Trinajstić information content (AvgIpc) is 3.15. The van der Waals surface area contributed by atoms with Gasteiger partial charge in [0.1, 0.15) is 0 Å². The molecular formula is C40H50N2O16. The van der Waals surface area contributed by atoms with Gasteiger partial charge in [0.2, 0.25) is 0 Å². The van der Waals surface area contributed by atoms with Gasteiger partial charge in [0.25, 0.3) is 0 Å². The van der Waals surface area contributed by atoms with Crippen molar-refractivity contribution >= 4 is 35.8 Å². The van der Waals surface area contributed by atoms with E-state index in [1.54, 1.807) is 14.2 Å². The minimum absolute atomic E-state index is 0.446. The number of nitrogens with zero attached hydrogens (tertiary/aromatic N) is 2. The summed E-state index contributed by atoms with van der Waals surface area (Å²) >= 11 is 0. The van der Waals surface area contributed by atoms with Crippen LogP contribution in [0, 0.1) is 0 Å². The molecule has 1 aliphatic rings. The highest BCUT2D eigenvalue weighted by Crippen LogP contribution is 2.30. The molecule has 0 atom stereocenters. The molecule has 0 unspecified atom stereocenters. The summed E-state index contributed by atoms with van der Waals surface area (Å²) in [6, 6.07) is 28.1. The maximum Gasteiger partial charge on any atom is 0.336 e. The van der Waals surface area contributed by atoms with Crippen LogP contribution in [-0.4, -0.2) is 145 Å². The molecule has 316 valence electrons. The van der Waals surface area contributed by atoms with E-state index in [0.717, 1.165) is 57.2 Å². The van der Waals surface area contributed by atoms with Gasteiger partial charge in [0.05, 0.1) is 39.9 Å². The molecule has 3 aromatic carbocycles. The van der Waals surface area contributed by atoms with Crippen LogP contribution in [-0.2, 0) is 35.3 Å². The lowest BCUT2D eigenvalue weighted by Crippen LogP contribution is -2.46. The van der Waals surface area contributed by atoms with E-state index in [4.69, 9.17) is 50.3 Å². The largest absolute Gasteiger partial charge is 0.493 e. The lowest BCUT2D eigenvalue weighted by Gasteiger charge is -2.35. The fourth-order valence-electron chi connectivity index (χ4n) is 6.04. The number of benzene rings is 3. The molecule has 0 aliphatic carbocycles. The molecule has 8 N–H and O–H groups in total. The molecule has 1 fully saturated rings. The molecule has 18 heteroatoms. The first-order chi connectivity index (χ1) is 27.3. The second-order valence-corrected chi connectivity index (χ2v) is 13.4. The zero-order valence-electron chi connectivity index (χ0n) is 32.1. The van der Waals surface area contributed by atoms with Crippen LogP contribution < -0.4 is 9.47 Å². The third-order valence-corrected chi connectivity index (χ3v) is 9.03. The predicted molar refractivity (Wildman–Crippen MR) is 205 cm³/mol. The van der Waals surface area contributed by atoms with Crippen LogP contribution in [0.5, 0.6) is 11.5 Å². The maximum absolute atomic E-state index is 10.3. The minimum Gasteiger partial charge on any atom is -0.493 e. The van der Waals surface area contributed by atoms with E-state index in [1.165, 1.54) is 16.7 Å². The number of methoxy groups -OCH3 is 2. The Morgan fingerprint density at radius 3 is 1.29 bits per heavy atom. The number of piperazine rings is 1. The first kappa shape index (κ1) is 48.1. The Morgan fingerprint density at radius 1 is 0.569 bits per heavy atom. The first-order valence-electron chi connectivity index (χ1n) is 17.9. The fourth-order valence-corrected chi connectivity index (χ4v) is 6.04. The number of aliphatic carboxylic acids is 6. The van der Waals surface area contributed by atoms with Gasteiger partial charge in [-0.05, 0) is 41.8 Å². The minimum atomic E-state index is -2.74. The molecule has 3 aromatic rings. The van der Waals surface area contributed by atoms with Crippen molar-refractivity contribution in [1.29, 1.82) is 0 Å². The van der Waals surface area contributed by atoms with Crippen LogP contribution in [0.25, 0.3) is 0 Å². The van der Waals surface area contributed by atoms with E-state index < -0.39 is 72.7 Å². The van der Waals surface area contributed by atoms with Gasteiger partial charge in [0.15, 0.2) is 22.7 Å². The van der Waals surface area contributed by atoms with E-state index in [9.17, 15) is 28.8 Å². The predicted octanol–water partition coefficient (Wildman–Crippen LogP) is 2.55. The van der Waals surface area contributed by atoms with Gasteiger partial charge in [0, 0.05) is 38.6 Å². The first-order valence-corrected chi connectivity index (χ1v) is 17.9. The van der Waals surface area contributed by atoms with Crippen LogP contribution in [0.2, 0.25) is 0 Å². The van der Waals surface area contributed by atoms with Crippen molar-refractivity contribution < 1.29 is 79.1 Å². The fraction of sp³-hybridized carbons (Fsp3) is 0.400. The summed E-state index contributed by atoms with van der Waals surface area (Å²) in [6.45, 7) is 6.49. The number of carbonyl (C=O) groups is 6. The number of ether oxygens (including phenoxy) is 2. The molecule has 58 heavy (non-hydrogen) atoms. The number of carboxylic acids is 6. The van der Waals surface area contributed by atoms with E-state index in [0.29, 0.717) is 5.92 Å². The topological polar surface area (TPSA) is 289 Å². The summed E-state index contributed by atoms with van der Waals surface area (Å²) in [5.74, 6) is -8.00. The van der Waals surface area contributed by atoms with Gasteiger partial charge in [-0.3, -0.25) is 24.1 Å². The van der Waals surface area contributed by atoms with Crippen LogP contribution >= 0.6 is 0 Å². The highest BCUT2D eigenvalue weighted by atomic mass is 16.5. The third kappa shape index (κ3) is 16.2. The smallest absolute Gasteiger partial charge is 0.336 e. The monoisotopic (exact) mass is 814 g/mol. The average molecular weight is 815 g/mol.